The lowest BCUT2D eigenvalue weighted by Gasteiger charge is -2.10. The van der Waals surface area contributed by atoms with Crippen LogP contribution in [-0.2, 0) is 5.75 Å². The van der Waals surface area contributed by atoms with E-state index in [0.29, 0.717) is 5.36 Å². The average molecular weight is 496 g/mol. The Morgan fingerprint density at radius 3 is 2.50 bits per heavy atom. The number of hydrazine groups is 1. The van der Waals surface area contributed by atoms with Gasteiger partial charge in [0.05, 0.1) is 23.0 Å². The zero-order chi connectivity index (χ0) is 24.1. The molecule has 2 N–H and O–H groups in total. The zero-order valence-corrected chi connectivity index (χ0v) is 19.5. The van der Waals surface area contributed by atoms with Crippen molar-refractivity contribution in [2.45, 2.75) is 10.6 Å². The molecule has 1 heterocycles. The van der Waals surface area contributed by atoms with E-state index in [9.17, 15) is 20.2 Å². The van der Waals surface area contributed by atoms with E-state index in [-0.39, 0.29) is 17.1 Å². The number of rotatable bonds is 8. The van der Waals surface area contributed by atoms with Gasteiger partial charge in [-0.1, -0.05) is 12.1 Å². The van der Waals surface area contributed by atoms with E-state index in [1.165, 1.54) is 17.7 Å². The highest BCUT2D eigenvalue weighted by atomic mass is 32.2. The normalized spacial score (nSPS) is 11.4. The predicted molar refractivity (Wildman–Crippen MR) is 131 cm³/mol. The van der Waals surface area contributed by atoms with Gasteiger partial charge >= 0.3 is 5.69 Å². The van der Waals surface area contributed by atoms with Crippen molar-refractivity contribution in [2.24, 2.45) is 0 Å². The molecule has 1 aliphatic heterocycles. The van der Waals surface area contributed by atoms with Gasteiger partial charge in [0.25, 0.3) is 5.69 Å². The molecule has 0 unspecified atom stereocenters. The fraction of sp³-hybridized carbons (Fsp3) is 0.0870. The summed E-state index contributed by atoms with van der Waals surface area (Å²) in [4.78, 5) is 22.1. The Hall–Kier alpha value is -3.96. The fourth-order valence-corrected chi connectivity index (χ4v) is 5.16. The Morgan fingerprint density at radius 2 is 1.79 bits per heavy atom. The highest BCUT2D eigenvalue weighted by Gasteiger charge is 2.20. The van der Waals surface area contributed by atoms with Crippen LogP contribution in [0.25, 0.3) is 11.1 Å². The molecule has 172 valence electrons. The molecule has 0 bridgehead atoms. The van der Waals surface area contributed by atoms with E-state index >= 15 is 0 Å². The Morgan fingerprint density at radius 1 is 1.00 bits per heavy atom. The first-order chi connectivity index (χ1) is 16.4. The number of benzene rings is 3. The lowest BCUT2D eigenvalue weighted by Crippen LogP contribution is -2.81. The van der Waals surface area contributed by atoms with Gasteiger partial charge in [-0.2, -0.15) is 16.8 Å². The zero-order valence-electron chi connectivity index (χ0n) is 17.9. The van der Waals surface area contributed by atoms with Gasteiger partial charge in [-0.15, -0.1) is 16.9 Å². The van der Waals surface area contributed by atoms with Crippen molar-refractivity contribution in [2.75, 3.05) is 12.5 Å². The van der Waals surface area contributed by atoms with E-state index in [1.807, 2.05) is 42.5 Å². The molecule has 0 saturated carbocycles. The van der Waals surface area contributed by atoms with Gasteiger partial charge in [-0.25, -0.2) is 0 Å². The first-order valence-corrected chi connectivity index (χ1v) is 11.9. The molecule has 34 heavy (non-hydrogen) atoms. The molecule has 0 spiro atoms. The standard InChI is InChI=1S/C23H18N4O5S2/c1-32-19-7-2-15(3-8-19)12-34-23-14-33-13-16-4-5-17(10-20(16)23)24-25-21-9-6-18(26(28)29)11-22(21)27(30)31/h2-11,13-14,25H,12H2,1H3/p+1/b24-17-. The number of nitrogens with zero attached hydrogens (tertiary/aromatic N) is 2. The van der Waals surface area contributed by atoms with Crippen LogP contribution in [-0.4, -0.2) is 17.0 Å². The third-order valence-corrected chi connectivity index (χ3v) is 7.01. The number of ether oxygens (including phenoxy) is 1. The van der Waals surface area contributed by atoms with Crippen LogP contribution in [0.3, 0.4) is 0 Å². The number of anilines is 1. The van der Waals surface area contributed by atoms with Crippen molar-refractivity contribution in [1.29, 1.82) is 0 Å². The average Bonchev–Trinajstić information content (AvgIpc) is 2.86. The van der Waals surface area contributed by atoms with Crippen molar-refractivity contribution in [3.8, 4) is 16.9 Å². The molecule has 2 aromatic carbocycles. The second-order valence-corrected chi connectivity index (χ2v) is 8.90. The Kier molecular flexibility index (Phi) is 7.04. The van der Waals surface area contributed by atoms with Crippen molar-refractivity contribution < 1.29 is 19.7 Å². The van der Waals surface area contributed by atoms with E-state index in [0.717, 1.165) is 33.6 Å². The van der Waals surface area contributed by atoms with E-state index in [1.54, 1.807) is 30.2 Å². The highest BCUT2D eigenvalue weighted by molar-refractivity contribution is 7.98. The lowest BCUT2D eigenvalue weighted by atomic mass is 10.1. The summed E-state index contributed by atoms with van der Waals surface area (Å²) in [6.07, 6.45) is 0. The van der Waals surface area contributed by atoms with Gasteiger partial charge in [0.1, 0.15) is 5.75 Å². The summed E-state index contributed by atoms with van der Waals surface area (Å²) >= 11 is 3.34. The number of hydrogen-bond acceptors (Lipinski definition) is 8. The van der Waals surface area contributed by atoms with E-state index in [2.05, 4.69) is 21.3 Å². The maximum atomic E-state index is 11.4. The molecule has 2 aliphatic rings. The number of fused-ring (bicyclic) bond motifs is 1. The van der Waals surface area contributed by atoms with Gasteiger partial charge in [0, 0.05) is 39.8 Å². The number of hydrogen-bond donors (Lipinski definition) is 2. The number of nitrogens with one attached hydrogen (secondary N) is 2. The Balaban J connectivity index is 1.60. The van der Waals surface area contributed by atoms with Crippen molar-refractivity contribution >= 4 is 40.2 Å². The molecule has 0 amide bonds. The van der Waals surface area contributed by atoms with Crippen LogP contribution in [0.5, 0.6) is 5.75 Å². The summed E-state index contributed by atoms with van der Waals surface area (Å²) in [5.74, 6) is 1.61. The lowest BCUT2D eigenvalue weighted by molar-refractivity contribution is -0.466. The Labute approximate surface area is 202 Å². The number of methoxy groups -OCH3 is 1. The van der Waals surface area contributed by atoms with E-state index in [4.69, 9.17) is 4.74 Å². The fourth-order valence-electron chi connectivity index (χ4n) is 3.21. The first kappa shape index (κ1) is 23.2. The number of nitro groups is 2. The monoisotopic (exact) mass is 495 g/mol. The van der Waals surface area contributed by atoms with Gasteiger partial charge in [-0.3, -0.25) is 20.2 Å². The Bertz CT molecular complexity index is 1390. The predicted octanol–water partition coefficient (Wildman–Crippen LogP) is 3.98. The van der Waals surface area contributed by atoms with Crippen molar-refractivity contribution in [3.63, 3.8) is 0 Å². The number of thioether (sulfide) groups is 1. The minimum absolute atomic E-state index is 0.125. The number of nitro benzene ring substituents is 2. The van der Waals surface area contributed by atoms with Crippen molar-refractivity contribution in [1.82, 2.24) is 0 Å². The van der Waals surface area contributed by atoms with Crippen molar-refractivity contribution in [3.05, 3.63) is 103 Å². The largest absolute Gasteiger partial charge is 0.497 e. The summed E-state index contributed by atoms with van der Waals surface area (Å²) < 4.78 is 5.21. The molecule has 0 fully saturated rings. The third-order valence-electron chi connectivity index (χ3n) is 4.97. The summed E-state index contributed by atoms with van der Waals surface area (Å²) in [5, 5.41) is 30.1. The minimum atomic E-state index is -0.667. The minimum Gasteiger partial charge on any atom is -0.497 e. The van der Waals surface area contributed by atoms with Crippen LogP contribution in [0.15, 0.2) is 76.3 Å². The third kappa shape index (κ3) is 5.33. The topological polar surface area (TPSA) is 122 Å². The van der Waals surface area contributed by atoms with Crippen LogP contribution >= 0.6 is 23.1 Å². The van der Waals surface area contributed by atoms with Gasteiger partial charge in [-0.05, 0) is 40.8 Å². The molecule has 0 aromatic heterocycles. The highest BCUT2D eigenvalue weighted by Crippen LogP contribution is 2.35. The summed E-state index contributed by atoms with van der Waals surface area (Å²) in [5.41, 5.74) is 5.49. The molecular formula is C23H19N4O5S2+. The summed E-state index contributed by atoms with van der Waals surface area (Å²) in [6.45, 7) is 0. The first-order valence-electron chi connectivity index (χ1n) is 9.98. The summed E-state index contributed by atoms with van der Waals surface area (Å²) in [7, 11) is 1.64. The van der Waals surface area contributed by atoms with Gasteiger partial charge in [0.2, 0.25) is 5.36 Å². The van der Waals surface area contributed by atoms with Crippen LogP contribution in [0.1, 0.15) is 5.56 Å². The maximum Gasteiger partial charge on any atom is 0.304 e. The van der Waals surface area contributed by atoms with Gasteiger partial charge in [0.15, 0.2) is 5.69 Å². The van der Waals surface area contributed by atoms with Crippen LogP contribution in [0.4, 0.5) is 17.1 Å². The molecule has 4 rings (SSSR count). The molecule has 0 radical (unpaired) electrons. The van der Waals surface area contributed by atoms with E-state index < -0.39 is 9.85 Å². The molecule has 2 aromatic rings. The number of non-ortho nitro benzene ring substituents is 1. The smallest absolute Gasteiger partial charge is 0.304 e. The molecule has 11 heteroatoms. The second-order valence-electron chi connectivity index (χ2n) is 7.14. The molecule has 9 nitrogen and oxygen atoms in total. The summed E-state index contributed by atoms with van der Waals surface area (Å²) in [6, 6.07) is 17.2. The molecule has 0 atom stereocenters. The van der Waals surface area contributed by atoms with Crippen LogP contribution in [0.2, 0.25) is 0 Å². The SMILES string of the molecule is COc1ccc(CSc2cscc3cc/c(=[NH+]/Nc4ccc([N+](=O)[O-])cc4[N+](=O)[O-])cc2-3)cc1. The quantitative estimate of drug-likeness (QED) is 0.215. The van der Waals surface area contributed by atoms with Crippen LogP contribution < -0.4 is 20.6 Å². The second kappa shape index (κ2) is 10.3. The molecule has 0 saturated heterocycles. The maximum absolute atomic E-state index is 11.4. The molecule has 1 aliphatic carbocycles. The van der Waals surface area contributed by atoms with Gasteiger partial charge < -0.3 is 4.74 Å². The van der Waals surface area contributed by atoms with Crippen LogP contribution in [0, 0.1) is 20.2 Å². The molecular weight excluding hydrogens is 476 g/mol.